The van der Waals surface area contributed by atoms with E-state index in [1.54, 1.807) is 41.0 Å². The van der Waals surface area contributed by atoms with Gasteiger partial charge in [0, 0.05) is 16.5 Å². The summed E-state index contributed by atoms with van der Waals surface area (Å²) in [5, 5.41) is 3.94. The largest absolute Gasteiger partial charge is 0.412 e. The van der Waals surface area contributed by atoms with Crippen molar-refractivity contribution < 1.29 is 10.3 Å². The molecule has 0 atom stereocenters. The normalized spacial score (nSPS) is 10.4. The van der Waals surface area contributed by atoms with Crippen LogP contribution in [0.15, 0.2) is 83.7 Å². The molecule has 0 saturated carbocycles. The number of para-hydroxylation sites is 3. The van der Waals surface area contributed by atoms with E-state index in [1.165, 1.54) is 0 Å². The van der Waals surface area contributed by atoms with E-state index in [-0.39, 0.29) is 16.9 Å². The third-order valence-corrected chi connectivity index (χ3v) is 4.01. The van der Waals surface area contributed by atoms with Crippen molar-refractivity contribution in [3.63, 3.8) is 0 Å². The first-order chi connectivity index (χ1) is 11.8. The molecule has 0 aliphatic rings. The summed E-state index contributed by atoms with van der Waals surface area (Å²) in [7, 11) is 0. The lowest BCUT2D eigenvalue weighted by Crippen LogP contribution is -2.23. The average molecular weight is 332 g/mol. The lowest BCUT2D eigenvalue weighted by molar-refractivity contribution is 0.255. The highest BCUT2D eigenvalue weighted by Gasteiger charge is 2.15. The number of benzene rings is 3. The third kappa shape index (κ3) is 2.77. The first-order valence-electron chi connectivity index (χ1n) is 7.64. The summed E-state index contributed by atoms with van der Waals surface area (Å²) >= 11 is 0. The van der Waals surface area contributed by atoms with E-state index >= 15 is 0 Å². The van der Waals surface area contributed by atoms with Gasteiger partial charge in [0.25, 0.3) is 0 Å². The quantitative estimate of drug-likeness (QED) is 0.542. The number of carbonyl (C=O) groups excluding carboxylic acids is 1. The van der Waals surface area contributed by atoms with E-state index in [1.807, 2.05) is 42.5 Å². The number of anilines is 1. The Morgan fingerprint density at radius 2 is 1.20 bits per heavy atom. The van der Waals surface area contributed by atoms with E-state index in [0.717, 1.165) is 0 Å². The van der Waals surface area contributed by atoms with Gasteiger partial charge in [-0.2, -0.15) is 0 Å². The van der Waals surface area contributed by atoms with Gasteiger partial charge in [-0.25, -0.2) is 4.79 Å². The Morgan fingerprint density at radius 1 is 0.720 bits per heavy atom. The zero-order chi connectivity index (χ0) is 16.5. The molecule has 0 bridgehead atoms. The Hall–Kier alpha value is -3.44. The van der Waals surface area contributed by atoms with Gasteiger partial charge in [-0.15, -0.1) is 0 Å². The molecule has 0 fully saturated rings. The minimum atomic E-state index is -0.298. The first kappa shape index (κ1) is 16.4. The number of pyridine rings is 1. The van der Waals surface area contributed by atoms with Crippen LogP contribution >= 0.6 is 0 Å². The van der Waals surface area contributed by atoms with E-state index < -0.39 is 0 Å². The molecule has 1 amide bonds. The molecule has 5 nitrogen and oxygen atoms in total. The molecule has 0 aliphatic carbocycles. The fourth-order valence-corrected chi connectivity index (χ4v) is 2.92. The number of rotatable bonds is 1. The van der Waals surface area contributed by atoms with Crippen LogP contribution in [0, 0.1) is 0 Å². The van der Waals surface area contributed by atoms with Gasteiger partial charge < -0.3 is 10.8 Å². The van der Waals surface area contributed by atoms with Gasteiger partial charge in [0.15, 0.2) is 5.43 Å². The average Bonchev–Trinajstić information content (AvgIpc) is 2.63. The monoisotopic (exact) mass is 332 g/mol. The first-order valence-corrected chi connectivity index (χ1v) is 7.64. The lowest BCUT2D eigenvalue weighted by atomic mass is 10.1. The molecule has 3 N–H and O–H groups in total. The van der Waals surface area contributed by atoms with Crippen molar-refractivity contribution in [3.8, 4) is 0 Å². The number of carbonyl (C=O) groups is 1. The summed E-state index contributed by atoms with van der Waals surface area (Å²) in [6.45, 7) is 0. The number of aromatic nitrogens is 1. The second-order valence-electron chi connectivity index (χ2n) is 5.50. The van der Waals surface area contributed by atoms with Crippen LogP contribution in [0.25, 0.3) is 21.8 Å². The maximum atomic E-state index is 12.9. The standard InChI is InChI=1S/C20H14N2O2.H2O/c23-19-15-10-4-6-12-17(15)22(18-13-7-5-11-16(18)19)20(24)21-14-8-2-1-3-9-14;/h1-13H,(H,21,24);1H2. The van der Waals surface area contributed by atoms with Gasteiger partial charge in [-0.05, 0) is 36.4 Å². The van der Waals surface area contributed by atoms with Gasteiger partial charge >= 0.3 is 6.03 Å². The molecule has 0 spiro atoms. The van der Waals surface area contributed by atoms with Crippen LogP contribution < -0.4 is 10.7 Å². The van der Waals surface area contributed by atoms with Crippen molar-refractivity contribution in [2.75, 3.05) is 5.32 Å². The van der Waals surface area contributed by atoms with Crippen molar-refractivity contribution in [1.29, 1.82) is 0 Å². The SMILES string of the molecule is O.O=C(Nc1ccccc1)n1c2ccccc2c(=O)c2ccccc21. The second kappa shape index (κ2) is 6.59. The van der Waals surface area contributed by atoms with Gasteiger partial charge in [-0.1, -0.05) is 42.5 Å². The second-order valence-corrected chi connectivity index (χ2v) is 5.50. The van der Waals surface area contributed by atoms with E-state index in [2.05, 4.69) is 5.32 Å². The highest BCUT2D eigenvalue weighted by atomic mass is 16.2. The summed E-state index contributed by atoms with van der Waals surface area (Å²) < 4.78 is 1.55. The Labute approximate surface area is 143 Å². The number of nitrogens with zero attached hydrogens (tertiary/aromatic N) is 1. The van der Waals surface area contributed by atoms with Gasteiger partial charge in [0.2, 0.25) is 0 Å². The van der Waals surface area contributed by atoms with E-state index in [9.17, 15) is 9.59 Å². The molecule has 1 heterocycles. The van der Waals surface area contributed by atoms with Crippen LogP contribution in [0.5, 0.6) is 0 Å². The number of nitrogens with one attached hydrogen (secondary N) is 1. The molecule has 25 heavy (non-hydrogen) atoms. The molecule has 4 rings (SSSR count). The molecule has 5 heteroatoms. The highest BCUT2D eigenvalue weighted by molar-refractivity contribution is 6.05. The fourth-order valence-electron chi connectivity index (χ4n) is 2.92. The van der Waals surface area contributed by atoms with E-state index in [0.29, 0.717) is 27.5 Å². The molecule has 4 aromatic rings. The number of hydrogen-bond acceptors (Lipinski definition) is 2. The minimum Gasteiger partial charge on any atom is -0.412 e. The minimum absolute atomic E-state index is 0. The van der Waals surface area contributed by atoms with Gasteiger partial charge in [0.05, 0.1) is 11.0 Å². The van der Waals surface area contributed by atoms with Crippen molar-refractivity contribution >= 4 is 33.5 Å². The number of fused-ring (bicyclic) bond motifs is 2. The molecular formula is C20H16N2O3. The van der Waals surface area contributed by atoms with Crippen LogP contribution in [0.3, 0.4) is 0 Å². The van der Waals surface area contributed by atoms with Crippen LogP contribution in [0.4, 0.5) is 10.5 Å². The van der Waals surface area contributed by atoms with Crippen molar-refractivity contribution in [2.24, 2.45) is 0 Å². The Morgan fingerprint density at radius 3 is 1.76 bits per heavy atom. The van der Waals surface area contributed by atoms with Gasteiger partial charge in [0.1, 0.15) is 0 Å². The fraction of sp³-hybridized carbons (Fsp3) is 0. The highest BCUT2D eigenvalue weighted by Crippen LogP contribution is 2.19. The molecule has 0 radical (unpaired) electrons. The van der Waals surface area contributed by atoms with Crippen LogP contribution in [0.1, 0.15) is 0 Å². The summed E-state index contributed by atoms with van der Waals surface area (Å²) in [6.07, 6.45) is 0. The van der Waals surface area contributed by atoms with Gasteiger partial charge in [-0.3, -0.25) is 9.36 Å². The molecule has 0 aliphatic heterocycles. The predicted molar refractivity (Wildman–Crippen MR) is 100 cm³/mol. The molecule has 0 unspecified atom stereocenters. The molecule has 0 saturated heterocycles. The van der Waals surface area contributed by atoms with Crippen molar-refractivity contribution in [2.45, 2.75) is 0 Å². The van der Waals surface area contributed by atoms with E-state index in [4.69, 9.17) is 0 Å². The molecule has 124 valence electrons. The Kier molecular flexibility index (Phi) is 4.33. The predicted octanol–water partition coefficient (Wildman–Crippen LogP) is 3.41. The molecular weight excluding hydrogens is 316 g/mol. The topological polar surface area (TPSA) is 82.6 Å². The van der Waals surface area contributed by atoms with Crippen LogP contribution in [-0.4, -0.2) is 16.1 Å². The Balaban J connectivity index is 0.00000182. The zero-order valence-corrected chi connectivity index (χ0v) is 13.3. The van der Waals surface area contributed by atoms with Crippen LogP contribution in [-0.2, 0) is 0 Å². The number of amides is 1. The van der Waals surface area contributed by atoms with Crippen LogP contribution in [0.2, 0.25) is 0 Å². The number of hydrogen-bond donors (Lipinski definition) is 1. The zero-order valence-electron chi connectivity index (χ0n) is 13.3. The molecule has 1 aromatic heterocycles. The summed E-state index contributed by atoms with van der Waals surface area (Å²) in [4.78, 5) is 25.6. The lowest BCUT2D eigenvalue weighted by Gasteiger charge is -2.14. The van der Waals surface area contributed by atoms with Crippen molar-refractivity contribution in [3.05, 3.63) is 89.1 Å². The summed E-state index contributed by atoms with van der Waals surface area (Å²) in [5.74, 6) is 0. The maximum Gasteiger partial charge on any atom is 0.330 e. The summed E-state index contributed by atoms with van der Waals surface area (Å²) in [5.41, 5.74) is 1.82. The molecule has 3 aromatic carbocycles. The summed E-state index contributed by atoms with van der Waals surface area (Å²) in [6, 6.07) is 23.3. The maximum absolute atomic E-state index is 12.9. The third-order valence-electron chi connectivity index (χ3n) is 4.01. The smallest absolute Gasteiger partial charge is 0.330 e. The Bertz CT molecular complexity index is 1060. The van der Waals surface area contributed by atoms with Crippen molar-refractivity contribution in [1.82, 2.24) is 4.57 Å².